The van der Waals surface area contributed by atoms with E-state index < -0.39 is 0 Å². The number of aryl methyl sites for hydroxylation is 1. The van der Waals surface area contributed by atoms with Gasteiger partial charge in [0.15, 0.2) is 0 Å². The molecular formula is C8H13N3S. The second-order valence-corrected chi connectivity index (χ2v) is 3.34. The molecule has 0 saturated carbocycles. The van der Waals surface area contributed by atoms with Crippen molar-refractivity contribution in [2.45, 2.75) is 24.8 Å². The van der Waals surface area contributed by atoms with Crippen molar-refractivity contribution < 1.29 is 0 Å². The third-order valence-corrected chi connectivity index (χ3v) is 2.12. The van der Waals surface area contributed by atoms with E-state index in [-0.39, 0.29) is 0 Å². The second-order valence-electron chi connectivity index (χ2n) is 2.51. The van der Waals surface area contributed by atoms with E-state index >= 15 is 0 Å². The molecule has 4 heteroatoms. The molecule has 0 radical (unpaired) electrons. The van der Waals surface area contributed by atoms with Crippen molar-refractivity contribution in [1.82, 2.24) is 9.97 Å². The number of hydrogen-bond donors (Lipinski definition) is 1. The summed E-state index contributed by atoms with van der Waals surface area (Å²) in [5.41, 5.74) is 6.57. The van der Waals surface area contributed by atoms with Gasteiger partial charge >= 0.3 is 0 Å². The summed E-state index contributed by atoms with van der Waals surface area (Å²) in [7, 11) is 0. The minimum atomic E-state index is 0.380. The van der Waals surface area contributed by atoms with Gasteiger partial charge in [0, 0.05) is 5.69 Å². The number of thioether (sulfide) groups is 1. The highest BCUT2D eigenvalue weighted by atomic mass is 32.2. The highest BCUT2D eigenvalue weighted by Gasteiger charge is 1.99. The van der Waals surface area contributed by atoms with Gasteiger partial charge in [-0.05, 0) is 18.7 Å². The van der Waals surface area contributed by atoms with E-state index in [2.05, 4.69) is 16.9 Å². The molecular weight excluding hydrogens is 170 g/mol. The SMILES string of the molecule is CCCc1cc(SC)nc(N)n1. The Labute approximate surface area is 76.8 Å². The van der Waals surface area contributed by atoms with Crippen LogP contribution in [-0.2, 0) is 6.42 Å². The zero-order valence-electron chi connectivity index (χ0n) is 7.37. The van der Waals surface area contributed by atoms with Gasteiger partial charge in [0.1, 0.15) is 5.03 Å². The van der Waals surface area contributed by atoms with Gasteiger partial charge in [-0.3, -0.25) is 0 Å². The van der Waals surface area contributed by atoms with Crippen molar-refractivity contribution in [3.63, 3.8) is 0 Å². The van der Waals surface area contributed by atoms with Crippen LogP contribution >= 0.6 is 11.8 Å². The van der Waals surface area contributed by atoms with Crippen molar-refractivity contribution in [2.75, 3.05) is 12.0 Å². The number of rotatable bonds is 3. The largest absolute Gasteiger partial charge is 0.368 e. The van der Waals surface area contributed by atoms with Gasteiger partial charge in [-0.25, -0.2) is 9.97 Å². The first-order chi connectivity index (χ1) is 5.76. The van der Waals surface area contributed by atoms with Gasteiger partial charge in [0.25, 0.3) is 0 Å². The van der Waals surface area contributed by atoms with E-state index in [1.807, 2.05) is 12.3 Å². The van der Waals surface area contributed by atoms with Gasteiger partial charge in [0.2, 0.25) is 5.95 Å². The molecule has 2 N–H and O–H groups in total. The van der Waals surface area contributed by atoms with Crippen LogP contribution in [0.5, 0.6) is 0 Å². The molecule has 1 aromatic heterocycles. The van der Waals surface area contributed by atoms with Gasteiger partial charge in [-0.1, -0.05) is 13.3 Å². The third kappa shape index (κ3) is 2.37. The van der Waals surface area contributed by atoms with E-state index in [1.54, 1.807) is 11.8 Å². The van der Waals surface area contributed by atoms with Crippen LogP contribution in [0.25, 0.3) is 0 Å². The molecule has 0 aliphatic heterocycles. The Balaban J connectivity index is 2.90. The number of nitrogens with zero attached hydrogens (tertiary/aromatic N) is 2. The van der Waals surface area contributed by atoms with Gasteiger partial charge < -0.3 is 5.73 Å². The summed E-state index contributed by atoms with van der Waals surface area (Å²) in [6, 6.07) is 1.99. The van der Waals surface area contributed by atoms with Crippen LogP contribution < -0.4 is 5.73 Å². The maximum absolute atomic E-state index is 5.53. The standard InChI is InChI=1S/C8H13N3S/c1-3-4-6-5-7(12-2)11-8(9)10-6/h5H,3-4H2,1-2H3,(H2,9,10,11). The van der Waals surface area contributed by atoms with Crippen LogP contribution in [-0.4, -0.2) is 16.2 Å². The summed E-state index contributed by atoms with van der Waals surface area (Å²) < 4.78 is 0. The maximum atomic E-state index is 5.53. The number of anilines is 1. The molecule has 0 aromatic carbocycles. The van der Waals surface area contributed by atoms with E-state index in [4.69, 9.17) is 5.73 Å². The Bertz CT molecular complexity index is 262. The highest BCUT2D eigenvalue weighted by Crippen LogP contribution is 2.14. The first-order valence-electron chi connectivity index (χ1n) is 3.93. The van der Waals surface area contributed by atoms with Crippen LogP contribution in [0, 0.1) is 0 Å². The maximum Gasteiger partial charge on any atom is 0.221 e. The summed E-state index contributed by atoms with van der Waals surface area (Å²) >= 11 is 1.59. The van der Waals surface area contributed by atoms with Crippen molar-refractivity contribution >= 4 is 17.7 Å². The van der Waals surface area contributed by atoms with E-state index in [9.17, 15) is 0 Å². The van der Waals surface area contributed by atoms with Crippen molar-refractivity contribution in [3.05, 3.63) is 11.8 Å². The third-order valence-electron chi connectivity index (χ3n) is 1.49. The Morgan fingerprint density at radius 2 is 2.25 bits per heavy atom. The van der Waals surface area contributed by atoms with E-state index in [0.717, 1.165) is 23.6 Å². The Hall–Kier alpha value is -0.770. The average molecular weight is 183 g/mol. The summed E-state index contributed by atoms with van der Waals surface area (Å²) in [6.07, 6.45) is 4.04. The smallest absolute Gasteiger partial charge is 0.221 e. The lowest BCUT2D eigenvalue weighted by atomic mass is 10.2. The summed E-state index contributed by atoms with van der Waals surface area (Å²) in [4.78, 5) is 8.19. The topological polar surface area (TPSA) is 51.8 Å². The quantitative estimate of drug-likeness (QED) is 0.573. The lowest BCUT2D eigenvalue weighted by Gasteiger charge is -2.01. The normalized spacial score (nSPS) is 10.2. The average Bonchev–Trinajstić information content (AvgIpc) is 2.04. The molecule has 1 aromatic rings. The fourth-order valence-corrected chi connectivity index (χ4v) is 1.42. The summed E-state index contributed by atoms with van der Waals surface area (Å²) in [5, 5.41) is 0.950. The van der Waals surface area contributed by atoms with Crippen molar-refractivity contribution in [1.29, 1.82) is 0 Å². The molecule has 0 saturated heterocycles. The molecule has 0 atom stereocenters. The Morgan fingerprint density at radius 1 is 1.50 bits per heavy atom. The highest BCUT2D eigenvalue weighted by molar-refractivity contribution is 7.98. The van der Waals surface area contributed by atoms with Crippen molar-refractivity contribution in [2.24, 2.45) is 0 Å². The van der Waals surface area contributed by atoms with E-state index in [0.29, 0.717) is 5.95 Å². The van der Waals surface area contributed by atoms with Gasteiger partial charge in [-0.15, -0.1) is 11.8 Å². The van der Waals surface area contributed by atoms with Crippen LogP contribution in [0.15, 0.2) is 11.1 Å². The number of hydrogen-bond acceptors (Lipinski definition) is 4. The second kappa shape index (κ2) is 4.30. The molecule has 0 bridgehead atoms. The Kier molecular flexibility index (Phi) is 3.34. The lowest BCUT2D eigenvalue weighted by molar-refractivity contribution is 0.861. The van der Waals surface area contributed by atoms with Crippen LogP contribution in [0.3, 0.4) is 0 Å². The molecule has 0 aliphatic rings. The molecule has 1 rings (SSSR count). The summed E-state index contributed by atoms with van der Waals surface area (Å²) in [6.45, 7) is 2.12. The molecule has 12 heavy (non-hydrogen) atoms. The minimum Gasteiger partial charge on any atom is -0.368 e. The summed E-state index contributed by atoms with van der Waals surface area (Å²) in [5.74, 6) is 0.380. The van der Waals surface area contributed by atoms with E-state index in [1.165, 1.54) is 0 Å². The molecule has 66 valence electrons. The molecule has 3 nitrogen and oxygen atoms in total. The Morgan fingerprint density at radius 3 is 2.83 bits per heavy atom. The van der Waals surface area contributed by atoms with Crippen molar-refractivity contribution in [3.8, 4) is 0 Å². The fraction of sp³-hybridized carbons (Fsp3) is 0.500. The molecule has 1 heterocycles. The minimum absolute atomic E-state index is 0.380. The lowest BCUT2D eigenvalue weighted by Crippen LogP contribution is -1.99. The predicted octanol–water partition coefficient (Wildman–Crippen LogP) is 1.73. The molecule has 0 unspecified atom stereocenters. The molecule has 0 amide bonds. The van der Waals surface area contributed by atoms with Crippen LogP contribution in [0.1, 0.15) is 19.0 Å². The van der Waals surface area contributed by atoms with Gasteiger partial charge in [0.05, 0.1) is 0 Å². The zero-order valence-corrected chi connectivity index (χ0v) is 8.19. The van der Waals surface area contributed by atoms with Crippen LogP contribution in [0.2, 0.25) is 0 Å². The first kappa shape index (κ1) is 9.32. The zero-order chi connectivity index (χ0) is 8.97. The molecule has 0 spiro atoms. The number of aromatic nitrogens is 2. The van der Waals surface area contributed by atoms with Crippen LogP contribution in [0.4, 0.5) is 5.95 Å². The number of nitrogens with two attached hydrogens (primary N) is 1. The first-order valence-corrected chi connectivity index (χ1v) is 5.16. The molecule has 0 fully saturated rings. The number of nitrogen functional groups attached to an aromatic ring is 1. The predicted molar refractivity (Wildman–Crippen MR) is 52.2 cm³/mol. The van der Waals surface area contributed by atoms with Gasteiger partial charge in [-0.2, -0.15) is 0 Å². The monoisotopic (exact) mass is 183 g/mol. The molecule has 0 aliphatic carbocycles. The fourth-order valence-electron chi connectivity index (χ4n) is 0.981.